The normalized spacial score (nSPS) is 16.4. The van der Waals surface area contributed by atoms with Crippen LogP contribution in [0.25, 0.3) is 22.5 Å². The van der Waals surface area contributed by atoms with Crippen LogP contribution >= 0.6 is 12.2 Å². The van der Waals surface area contributed by atoms with Crippen LogP contribution in [0.1, 0.15) is 30.2 Å². The van der Waals surface area contributed by atoms with Crippen molar-refractivity contribution in [1.82, 2.24) is 18.7 Å². The molecule has 2 aromatic heterocycles. The lowest BCUT2D eigenvalue weighted by Crippen LogP contribution is -2.25. The molecule has 0 aliphatic carbocycles. The first-order valence-electron chi connectivity index (χ1n) is 10.0. The smallest absolute Gasteiger partial charge is 0.287 e. The Hall–Kier alpha value is -3.03. The van der Waals surface area contributed by atoms with E-state index >= 15 is 0 Å². The first kappa shape index (κ1) is 19.0. The monoisotopic (exact) mass is 418 g/mol. The molecule has 0 radical (unpaired) electrons. The van der Waals surface area contributed by atoms with Gasteiger partial charge in [0.05, 0.1) is 12.0 Å². The van der Waals surface area contributed by atoms with E-state index in [1.54, 1.807) is 10.9 Å². The Morgan fingerprint density at radius 2 is 1.57 bits per heavy atom. The zero-order valence-electron chi connectivity index (χ0n) is 16.9. The minimum absolute atomic E-state index is 0.143. The molecule has 7 heteroatoms. The standard InChI is InChI=1S/C23H22N4O2S/c1-15-5-9-17(10-6-15)26-21-20(24-14-25(21)19-4-3-13-29-19)22(28)27(23(26)30)18-11-7-16(2)8-12-18/h5-12,14,19H,3-4,13H2,1-2H3. The molecule has 0 amide bonds. The number of benzene rings is 2. The van der Waals surface area contributed by atoms with E-state index in [-0.39, 0.29) is 11.8 Å². The van der Waals surface area contributed by atoms with Gasteiger partial charge in [0.1, 0.15) is 6.23 Å². The fraction of sp³-hybridized carbons (Fsp3) is 0.261. The molecule has 1 saturated heterocycles. The first-order chi connectivity index (χ1) is 14.5. The van der Waals surface area contributed by atoms with Crippen molar-refractivity contribution in [2.45, 2.75) is 32.9 Å². The van der Waals surface area contributed by atoms with Crippen molar-refractivity contribution in [2.24, 2.45) is 0 Å². The molecule has 1 aliphatic heterocycles. The topological polar surface area (TPSA) is 54.0 Å². The Morgan fingerprint density at radius 1 is 0.967 bits per heavy atom. The number of hydrogen-bond acceptors (Lipinski definition) is 4. The van der Waals surface area contributed by atoms with Crippen molar-refractivity contribution in [2.75, 3.05) is 6.61 Å². The predicted molar refractivity (Wildman–Crippen MR) is 119 cm³/mol. The summed E-state index contributed by atoms with van der Waals surface area (Å²) in [4.78, 5) is 18.0. The van der Waals surface area contributed by atoms with Crippen molar-refractivity contribution in [1.29, 1.82) is 0 Å². The van der Waals surface area contributed by atoms with Crippen LogP contribution in [0.3, 0.4) is 0 Å². The van der Waals surface area contributed by atoms with Crippen molar-refractivity contribution < 1.29 is 4.74 Å². The van der Waals surface area contributed by atoms with Gasteiger partial charge in [0.2, 0.25) is 0 Å². The van der Waals surface area contributed by atoms with Gasteiger partial charge in [-0.25, -0.2) is 4.98 Å². The second-order valence-electron chi connectivity index (χ2n) is 7.72. The first-order valence-corrected chi connectivity index (χ1v) is 10.5. The summed E-state index contributed by atoms with van der Waals surface area (Å²) in [5.41, 5.74) is 4.71. The van der Waals surface area contributed by atoms with E-state index in [1.807, 2.05) is 71.5 Å². The molecule has 152 valence electrons. The van der Waals surface area contributed by atoms with E-state index in [9.17, 15) is 4.79 Å². The average molecular weight is 419 g/mol. The quantitative estimate of drug-likeness (QED) is 0.455. The van der Waals surface area contributed by atoms with Gasteiger partial charge in [0.15, 0.2) is 15.9 Å². The summed E-state index contributed by atoms with van der Waals surface area (Å²) in [6.45, 7) is 4.76. The number of ether oxygens (including phenoxy) is 1. The summed E-state index contributed by atoms with van der Waals surface area (Å²) >= 11 is 5.88. The molecule has 0 bridgehead atoms. The highest BCUT2D eigenvalue weighted by Gasteiger charge is 2.24. The fourth-order valence-corrected chi connectivity index (χ4v) is 4.33. The minimum Gasteiger partial charge on any atom is -0.358 e. The second kappa shape index (κ2) is 7.34. The van der Waals surface area contributed by atoms with Gasteiger partial charge in [-0.3, -0.25) is 18.5 Å². The number of fused-ring (bicyclic) bond motifs is 1. The van der Waals surface area contributed by atoms with Crippen LogP contribution in [-0.2, 0) is 4.74 Å². The van der Waals surface area contributed by atoms with E-state index in [0.717, 1.165) is 35.3 Å². The van der Waals surface area contributed by atoms with Crippen molar-refractivity contribution in [3.8, 4) is 11.4 Å². The number of nitrogens with zero attached hydrogens (tertiary/aromatic N) is 4. The Morgan fingerprint density at radius 3 is 2.13 bits per heavy atom. The largest absolute Gasteiger partial charge is 0.358 e. The van der Waals surface area contributed by atoms with E-state index in [2.05, 4.69) is 4.98 Å². The zero-order chi connectivity index (χ0) is 20.8. The van der Waals surface area contributed by atoms with Gasteiger partial charge in [-0.2, -0.15) is 0 Å². The molecule has 5 rings (SSSR count). The summed E-state index contributed by atoms with van der Waals surface area (Å²) in [6, 6.07) is 15.9. The summed E-state index contributed by atoms with van der Waals surface area (Å²) in [5, 5.41) is 0. The summed E-state index contributed by atoms with van der Waals surface area (Å²) in [6.07, 6.45) is 3.42. The van der Waals surface area contributed by atoms with Crippen LogP contribution in [0.5, 0.6) is 0 Å². The molecule has 6 nitrogen and oxygen atoms in total. The van der Waals surface area contributed by atoms with Gasteiger partial charge < -0.3 is 4.74 Å². The van der Waals surface area contributed by atoms with E-state index in [0.29, 0.717) is 22.5 Å². The number of imidazole rings is 1. The van der Waals surface area contributed by atoms with Crippen LogP contribution < -0.4 is 5.56 Å². The maximum atomic E-state index is 13.5. The van der Waals surface area contributed by atoms with Crippen LogP contribution in [0.4, 0.5) is 0 Å². The van der Waals surface area contributed by atoms with Crippen LogP contribution in [-0.4, -0.2) is 25.3 Å². The third-order valence-corrected chi connectivity index (χ3v) is 5.93. The van der Waals surface area contributed by atoms with Crippen molar-refractivity contribution >= 4 is 23.4 Å². The predicted octanol–water partition coefficient (Wildman–Crippen LogP) is 4.63. The molecule has 1 aliphatic rings. The highest BCUT2D eigenvalue weighted by Crippen LogP contribution is 2.28. The lowest BCUT2D eigenvalue weighted by atomic mass is 10.2. The number of aromatic nitrogens is 4. The summed E-state index contributed by atoms with van der Waals surface area (Å²) < 4.78 is 11.7. The third-order valence-electron chi connectivity index (χ3n) is 5.57. The molecule has 1 atom stereocenters. The maximum Gasteiger partial charge on any atom is 0.287 e. The lowest BCUT2D eigenvalue weighted by Gasteiger charge is -2.18. The molecular weight excluding hydrogens is 396 g/mol. The van der Waals surface area contributed by atoms with Crippen molar-refractivity contribution in [3.05, 3.63) is 81.1 Å². The van der Waals surface area contributed by atoms with Gasteiger partial charge in [-0.05, 0) is 63.2 Å². The Kier molecular flexibility index (Phi) is 4.64. The van der Waals surface area contributed by atoms with Gasteiger partial charge in [0, 0.05) is 12.3 Å². The van der Waals surface area contributed by atoms with E-state index in [1.165, 1.54) is 0 Å². The molecule has 30 heavy (non-hydrogen) atoms. The van der Waals surface area contributed by atoms with Gasteiger partial charge >= 0.3 is 0 Å². The highest BCUT2D eigenvalue weighted by molar-refractivity contribution is 7.71. The van der Waals surface area contributed by atoms with Crippen LogP contribution in [0, 0.1) is 18.6 Å². The third kappa shape index (κ3) is 3.02. The average Bonchev–Trinajstić information content (AvgIpc) is 3.41. The summed E-state index contributed by atoms with van der Waals surface area (Å²) in [5.74, 6) is 0. The van der Waals surface area contributed by atoms with Crippen LogP contribution in [0.15, 0.2) is 59.7 Å². The zero-order valence-corrected chi connectivity index (χ0v) is 17.7. The lowest BCUT2D eigenvalue weighted by molar-refractivity contribution is 0.0590. The van der Waals surface area contributed by atoms with Crippen molar-refractivity contribution in [3.63, 3.8) is 0 Å². The number of hydrogen-bond donors (Lipinski definition) is 0. The van der Waals surface area contributed by atoms with Gasteiger partial charge in [-0.1, -0.05) is 35.4 Å². The summed E-state index contributed by atoms with van der Waals surface area (Å²) in [7, 11) is 0. The molecule has 1 unspecified atom stereocenters. The highest BCUT2D eigenvalue weighted by atomic mass is 32.1. The maximum absolute atomic E-state index is 13.5. The fourth-order valence-electron chi connectivity index (χ4n) is 3.95. The minimum atomic E-state index is -0.223. The van der Waals surface area contributed by atoms with E-state index in [4.69, 9.17) is 17.0 Å². The molecule has 4 aromatic rings. The van der Waals surface area contributed by atoms with Gasteiger partial charge in [0.25, 0.3) is 5.56 Å². The molecule has 0 saturated carbocycles. The molecule has 3 heterocycles. The Balaban J connectivity index is 1.88. The second-order valence-corrected chi connectivity index (χ2v) is 8.09. The molecular formula is C23H22N4O2S. The Labute approximate surface area is 179 Å². The molecule has 0 spiro atoms. The Bertz CT molecular complexity index is 1340. The van der Waals surface area contributed by atoms with Crippen LogP contribution in [0.2, 0.25) is 0 Å². The molecule has 0 N–H and O–H groups in total. The van der Waals surface area contributed by atoms with Gasteiger partial charge in [-0.15, -0.1) is 0 Å². The van der Waals surface area contributed by atoms with E-state index < -0.39 is 0 Å². The SMILES string of the molecule is Cc1ccc(-n2c(=O)c3ncn(C4CCCO4)c3n(-c3ccc(C)cc3)c2=S)cc1. The number of rotatable bonds is 3. The molecule has 2 aromatic carbocycles. The number of aryl methyl sites for hydroxylation is 2. The molecule has 1 fully saturated rings.